The van der Waals surface area contributed by atoms with Crippen LogP contribution in [0.4, 0.5) is 10.1 Å². The highest BCUT2D eigenvalue weighted by molar-refractivity contribution is 5.96. The summed E-state index contributed by atoms with van der Waals surface area (Å²) in [6.45, 7) is 0.786. The largest absolute Gasteiger partial charge is 0.316 e. The van der Waals surface area contributed by atoms with Gasteiger partial charge >= 0.3 is 0 Å². The molecule has 3 aromatic rings. The smallest absolute Gasteiger partial charge is 0.227 e. The van der Waals surface area contributed by atoms with Crippen LogP contribution in [-0.4, -0.2) is 22.0 Å². The fraction of sp³-hybridized carbons (Fsp3) is 0.200. The molecule has 0 spiro atoms. The van der Waals surface area contributed by atoms with Crippen molar-refractivity contribution in [2.75, 3.05) is 11.4 Å². The molecule has 25 heavy (non-hydrogen) atoms. The molecule has 0 N–H and O–H groups in total. The Morgan fingerprint density at radius 1 is 1.20 bits per heavy atom. The fourth-order valence-electron chi connectivity index (χ4n) is 3.45. The number of nitrogens with zero attached hydrogens (tertiary/aromatic N) is 3. The summed E-state index contributed by atoms with van der Waals surface area (Å²) in [5, 5.41) is 0. The Labute approximate surface area is 144 Å². The summed E-state index contributed by atoms with van der Waals surface area (Å²) in [5.74, 6) is 2.82. The van der Waals surface area contributed by atoms with Crippen molar-refractivity contribution in [1.82, 2.24) is 9.55 Å². The van der Waals surface area contributed by atoms with Crippen LogP contribution >= 0.6 is 0 Å². The molecule has 1 aliphatic rings. The highest BCUT2D eigenvalue weighted by Crippen LogP contribution is 2.34. The molecule has 0 bridgehead atoms. The molecule has 0 unspecified atom stereocenters. The van der Waals surface area contributed by atoms with E-state index in [0.29, 0.717) is 25.2 Å². The summed E-state index contributed by atoms with van der Waals surface area (Å²) in [6.07, 6.45) is 5.81. The number of amides is 1. The molecule has 2 heterocycles. The van der Waals surface area contributed by atoms with E-state index in [1.807, 2.05) is 28.8 Å². The number of terminal acetylenes is 1. The van der Waals surface area contributed by atoms with Crippen LogP contribution in [0, 0.1) is 18.2 Å². The standard InChI is InChI=1S/C20H16FN3O/c1-2-11-23-18-10-6-4-8-16(18)22-20(23)14-12-19(25)24(13-14)17-9-5-3-7-15(17)21/h1,3-10,14H,11-13H2/t14-/m1/s1. The number of aromatic nitrogens is 2. The SMILES string of the molecule is C#CCn1c([C@@H]2CC(=O)N(c3ccccc3F)C2)nc2ccccc21. The second-order valence-electron chi connectivity index (χ2n) is 6.11. The van der Waals surface area contributed by atoms with Crippen molar-refractivity contribution in [3.05, 3.63) is 60.2 Å². The number of para-hydroxylation sites is 3. The Morgan fingerprint density at radius 3 is 2.76 bits per heavy atom. The molecule has 1 saturated heterocycles. The van der Waals surface area contributed by atoms with E-state index in [4.69, 9.17) is 11.4 Å². The number of fused-ring (bicyclic) bond motifs is 1. The van der Waals surface area contributed by atoms with Gasteiger partial charge in [-0.3, -0.25) is 4.79 Å². The lowest BCUT2D eigenvalue weighted by molar-refractivity contribution is -0.117. The predicted molar refractivity (Wildman–Crippen MR) is 94.7 cm³/mol. The van der Waals surface area contributed by atoms with Gasteiger partial charge in [0, 0.05) is 18.9 Å². The van der Waals surface area contributed by atoms with E-state index in [9.17, 15) is 9.18 Å². The van der Waals surface area contributed by atoms with Crippen LogP contribution in [0.1, 0.15) is 18.2 Å². The molecule has 0 aliphatic carbocycles. The first kappa shape index (κ1) is 15.4. The number of anilines is 1. The van der Waals surface area contributed by atoms with Crippen molar-refractivity contribution in [2.24, 2.45) is 0 Å². The molecule has 1 aliphatic heterocycles. The Hall–Kier alpha value is -3.13. The van der Waals surface area contributed by atoms with Gasteiger partial charge in [-0.05, 0) is 24.3 Å². The first-order chi connectivity index (χ1) is 12.2. The van der Waals surface area contributed by atoms with E-state index >= 15 is 0 Å². The van der Waals surface area contributed by atoms with Gasteiger partial charge in [-0.15, -0.1) is 6.42 Å². The minimum atomic E-state index is -0.395. The summed E-state index contributed by atoms with van der Waals surface area (Å²) in [7, 11) is 0. The zero-order chi connectivity index (χ0) is 17.4. The minimum absolute atomic E-state index is 0.102. The van der Waals surface area contributed by atoms with Gasteiger partial charge in [0.25, 0.3) is 0 Å². The number of halogens is 1. The first-order valence-electron chi connectivity index (χ1n) is 8.12. The molecule has 124 valence electrons. The number of rotatable bonds is 3. The van der Waals surface area contributed by atoms with Crippen LogP contribution in [0.5, 0.6) is 0 Å². The van der Waals surface area contributed by atoms with Gasteiger partial charge in [-0.25, -0.2) is 9.37 Å². The molecule has 1 aromatic heterocycles. The lowest BCUT2D eigenvalue weighted by atomic mass is 10.1. The number of hydrogen-bond acceptors (Lipinski definition) is 2. The van der Waals surface area contributed by atoms with Crippen molar-refractivity contribution < 1.29 is 9.18 Å². The van der Waals surface area contributed by atoms with Crippen LogP contribution in [0.25, 0.3) is 11.0 Å². The van der Waals surface area contributed by atoms with E-state index in [0.717, 1.165) is 16.9 Å². The Balaban J connectivity index is 1.73. The number of benzene rings is 2. The second-order valence-corrected chi connectivity index (χ2v) is 6.11. The lowest BCUT2D eigenvalue weighted by Gasteiger charge is -2.17. The molecule has 2 aromatic carbocycles. The number of carbonyl (C=O) groups is 1. The highest BCUT2D eigenvalue weighted by atomic mass is 19.1. The molecule has 1 amide bonds. The molecule has 4 nitrogen and oxygen atoms in total. The lowest BCUT2D eigenvalue weighted by Crippen LogP contribution is -2.25. The molecule has 4 rings (SSSR count). The topological polar surface area (TPSA) is 38.1 Å². The van der Waals surface area contributed by atoms with Crippen LogP contribution in [0.15, 0.2) is 48.5 Å². The zero-order valence-corrected chi connectivity index (χ0v) is 13.5. The zero-order valence-electron chi connectivity index (χ0n) is 13.5. The molecular formula is C20H16FN3O. The summed E-state index contributed by atoms with van der Waals surface area (Å²) < 4.78 is 16.0. The van der Waals surface area contributed by atoms with Gasteiger partial charge in [0.2, 0.25) is 5.91 Å². The molecule has 1 fully saturated rings. The van der Waals surface area contributed by atoms with E-state index in [2.05, 4.69) is 5.92 Å². The molecular weight excluding hydrogens is 317 g/mol. The molecule has 0 saturated carbocycles. The minimum Gasteiger partial charge on any atom is -0.316 e. The van der Waals surface area contributed by atoms with Crippen LogP contribution in [0.3, 0.4) is 0 Å². The number of carbonyl (C=O) groups excluding carboxylic acids is 1. The van der Waals surface area contributed by atoms with Gasteiger partial charge in [-0.1, -0.05) is 30.2 Å². The van der Waals surface area contributed by atoms with Gasteiger partial charge in [0.1, 0.15) is 11.6 Å². The summed E-state index contributed by atoms with van der Waals surface area (Å²) in [6, 6.07) is 14.1. The average molecular weight is 333 g/mol. The summed E-state index contributed by atoms with van der Waals surface area (Å²) in [4.78, 5) is 18.7. The maximum atomic E-state index is 14.1. The number of imidazole rings is 1. The normalized spacial score (nSPS) is 17.2. The van der Waals surface area contributed by atoms with Crippen molar-refractivity contribution in [3.63, 3.8) is 0 Å². The van der Waals surface area contributed by atoms with Crippen LogP contribution in [0.2, 0.25) is 0 Å². The van der Waals surface area contributed by atoms with Gasteiger partial charge < -0.3 is 9.47 Å². The third-order valence-corrected chi connectivity index (χ3v) is 4.57. The van der Waals surface area contributed by atoms with Gasteiger partial charge in [-0.2, -0.15) is 0 Å². The van der Waals surface area contributed by atoms with Crippen molar-refractivity contribution in [1.29, 1.82) is 0 Å². The maximum Gasteiger partial charge on any atom is 0.227 e. The highest BCUT2D eigenvalue weighted by Gasteiger charge is 2.35. The molecule has 0 radical (unpaired) electrons. The Kier molecular flexibility index (Phi) is 3.73. The quantitative estimate of drug-likeness (QED) is 0.690. The third kappa shape index (κ3) is 2.56. The molecule has 1 atom stereocenters. The monoisotopic (exact) mass is 333 g/mol. The van der Waals surface area contributed by atoms with Crippen LogP contribution < -0.4 is 4.90 Å². The van der Waals surface area contributed by atoms with Crippen molar-refractivity contribution >= 4 is 22.6 Å². The summed E-state index contributed by atoms with van der Waals surface area (Å²) in [5.41, 5.74) is 2.12. The van der Waals surface area contributed by atoms with Crippen molar-refractivity contribution in [3.8, 4) is 12.3 Å². The van der Waals surface area contributed by atoms with E-state index in [1.165, 1.54) is 11.0 Å². The second kappa shape index (κ2) is 6.06. The Morgan fingerprint density at radius 2 is 1.96 bits per heavy atom. The van der Waals surface area contributed by atoms with Crippen molar-refractivity contribution in [2.45, 2.75) is 18.9 Å². The van der Waals surface area contributed by atoms with Crippen LogP contribution in [-0.2, 0) is 11.3 Å². The fourth-order valence-corrected chi connectivity index (χ4v) is 3.45. The van der Waals surface area contributed by atoms with Gasteiger partial charge in [0.05, 0.1) is 23.3 Å². The van der Waals surface area contributed by atoms with E-state index in [1.54, 1.807) is 18.2 Å². The maximum absolute atomic E-state index is 14.1. The average Bonchev–Trinajstić information content (AvgIpc) is 3.17. The predicted octanol–water partition coefficient (Wildman–Crippen LogP) is 3.33. The number of hydrogen-bond donors (Lipinski definition) is 0. The van der Waals surface area contributed by atoms with Gasteiger partial charge in [0.15, 0.2) is 0 Å². The first-order valence-corrected chi connectivity index (χ1v) is 8.12. The summed E-state index contributed by atoms with van der Waals surface area (Å²) >= 11 is 0. The Bertz CT molecular complexity index is 1000. The molecule has 5 heteroatoms. The third-order valence-electron chi connectivity index (χ3n) is 4.57. The van der Waals surface area contributed by atoms with E-state index in [-0.39, 0.29) is 11.8 Å². The van der Waals surface area contributed by atoms with E-state index < -0.39 is 5.82 Å².